The molecule has 4 heteroatoms. The summed E-state index contributed by atoms with van der Waals surface area (Å²) in [7, 11) is 3.23. The standard InChI is InChI=1S/C12H16N2O2/c1-15-9-5-6-10(11(7-9)16-2)14-12(13)8-3-4-8/h5-8H,3-4H2,1-2H3,(H2,13,14). The molecule has 86 valence electrons. The quantitative estimate of drug-likeness (QED) is 0.624. The number of rotatable bonds is 4. The second-order valence-electron chi connectivity index (χ2n) is 3.85. The van der Waals surface area contributed by atoms with Gasteiger partial charge in [0.15, 0.2) is 0 Å². The van der Waals surface area contributed by atoms with Crippen LogP contribution in [0.5, 0.6) is 11.5 Å². The predicted octanol–water partition coefficient (Wildman–Crippen LogP) is 2.10. The van der Waals surface area contributed by atoms with Crippen molar-refractivity contribution in [2.24, 2.45) is 16.6 Å². The van der Waals surface area contributed by atoms with Crippen LogP contribution in [0.15, 0.2) is 23.2 Å². The highest BCUT2D eigenvalue weighted by Crippen LogP contribution is 2.34. The summed E-state index contributed by atoms with van der Waals surface area (Å²) < 4.78 is 10.4. The Morgan fingerprint density at radius 2 is 2.06 bits per heavy atom. The third-order valence-corrected chi connectivity index (χ3v) is 2.63. The maximum Gasteiger partial charge on any atom is 0.148 e. The number of methoxy groups -OCH3 is 2. The molecule has 0 aromatic heterocycles. The van der Waals surface area contributed by atoms with Crippen molar-refractivity contribution in [1.29, 1.82) is 0 Å². The second-order valence-corrected chi connectivity index (χ2v) is 3.85. The SMILES string of the molecule is COc1ccc(N=C(N)C2CC2)c(OC)c1. The normalized spacial score (nSPS) is 16.0. The monoisotopic (exact) mass is 220 g/mol. The average molecular weight is 220 g/mol. The van der Waals surface area contributed by atoms with Crippen molar-refractivity contribution in [3.8, 4) is 11.5 Å². The molecule has 1 saturated carbocycles. The molecule has 4 nitrogen and oxygen atoms in total. The van der Waals surface area contributed by atoms with E-state index in [9.17, 15) is 0 Å². The molecule has 0 spiro atoms. The number of hydrogen-bond donors (Lipinski definition) is 1. The molecule has 0 unspecified atom stereocenters. The van der Waals surface area contributed by atoms with E-state index in [2.05, 4.69) is 4.99 Å². The molecule has 0 atom stereocenters. The van der Waals surface area contributed by atoms with Gasteiger partial charge in [0, 0.05) is 12.0 Å². The van der Waals surface area contributed by atoms with Gasteiger partial charge in [0.05, 0.1) is 14.2 Å². The van der Waals surface area contributed by atoms with E-state index in [-0.39, 0.29) is 0 Å². The van der Waals surface area contributed by atoms with Crippen LogP contribution in [0.4, 0.5) is 5.69 Å². The van der Waals surface area contributed by atoms with Gasteiger partial charge in [-0.2, -0.15) is 0 Å². The molecule has 0 aliphatic heterocycles. The van der Waals surface area contributed by atoms with E-state index >= 15 is 0 Å². The van der Waals surface area contributed by atoms with Crippen molar-refractivity contribution < 1.29 is 9.47 Å². The van der Waals surface area contributed by atoms with Gasteiger partial charge in [-0.3, -0.25) is 0 Å². The molecule has 2 N–H and O–H groups in total. The number of ether oxygens (including phenoxy) is 2. The van der Waals surface area contributed by atoms with Crippen LogP contribution >= 0.6 is 0 Å². The Labute approximate surface area is 95.1 Å². The van der Waals surface area contributed by atoms with Gasteiger partial charge in [-0.15, -0.1) is 0 Å². The number of benzene rings is 1. The van der Waals surface area contributed by atoms with Crippen LogP contribution in [-0.4, -0.2) is 20.1 Å². The van der Waals surface area contributed by atoms with Crippen molar-refractivity contribution in [2.75, 3.05) is 14.2 Å². The number of aliphatic imine (C=N–C) groups is 1. The molecule has 2 rings (SSSR count). The van der Waals surface area contributed by atoms with E-state index in [4.69, 9.17) is 15.2 Å². The minimum Gasteiger partial charge on any atom is -0.497 e. The fourth-order valence-corrected chi connectivity index (χ4v) is 1.49. The third kappa shape index (κ3) is 2.27. The first-order valence-electron chi connectivity index (χ1n) is 5.30. The summed E-state index contributed by atoms with van der Waals surface area (Å²) in [4.78, 5) is 4.38. The van der Waals surface area contributed by atoms with E-state index in [1.54, 1.807) is 20.3 Å². The first-order chi connectivity index (χ1) is 7.74. The summed E-state index contributed by atoms with van der Waals surface area (Å²) >= 11 is 0. The number of amidine groups is 1. The third-order valence-electron chi connectivity index (χ3n) is 2.63. The van der Waals surface area contributed by atoms with E-state index in [1.165, 1.54) is 0 Å². The number of nitrogens with two attached hydrogens (primary N) is 1. The van der Waals surface area contributed by atoms with Gasteiger partial charge in [0.2, 0.25) is 0 Å². The van der Waals surface area contributed by atoms with Gasteiger partial charge in [-0.05, 0) is 25.0 Å². The number of hydrogen-bond acceptors (Lipinski definition) is 3. The molecule has 0 heterocycles. The first kappa shape index (κ1) is 10.8. The first-order valence-corrected chi connectivity index (χ1v) is 5.30. The Balaban J connectivity index is 2.28. The van der Waals surface area contributed by atoms with Crippen LogP contribution < -0.4 is 15.2 Å². The van der Waals surface area contributed by atoms with Gasteiger partial charge in [0.25, 0.3) is 0 Å². The topological polar surface area (TPSA) is 56.8 Å². The zero-order valence-corrected chi connectivity index (χ0v) is 9.56. The van der Waals surface area contributed by atoms with Crippen LogP contribution in [0.1, 0.15) is 12.8 Å². The summed E-state index contributed by atoms with van der Waals surface area (Å²) in [6.07, 6.45) is 2.29. The summed E-state index contributed by atoms with van der Waals surface area (Å²) in [6, 6.07) is 5.51. The second kappa shape index (κ2) is 4.43. The summed E-state index contributed by atoms with van der Waals surface area (Å²) in [5.74, 6) is 2.60. The molecule has 1 fully saturated rings. The minimum atomic E-state index is 0.465. The lowest BCUT2D eigenvalue weighted by Crippen LogP contribution is -2.13. The Bertz CT molecular complexity index is 411. The Kier molecular flexibility index (Phi) is 2.99. The fourth-order valence-electron chi connectivity index (χ4n) is 1.49. The Morgan fingerprint density at radius 3 is 2.62 bits per heavy atom. The van der Waals surface area contributed by atoms with Gasteiger partial charge in [-0.25, -0.2) is 4.99 Å². The van der Waals surface area contributed by atoms with Gasteiger partial charge >= 0.3 is 0 Å². The maximum atomic E-state index is 5.87. The van der Waals surface area contributed by atoms with E-state index < -0.39 is 0 Å². The molecule has 0 radical (unpaired) electrons. The maximum absolute atomic E-state index is 5.87. The van der Waals surface area contributed by atoms with Gasteiger partial charge < -0.3 is 15.2 Å². The van der Waals surface area contributed by atoms with Crippen LogP contribution in [0.25, 0.3) is 0 Å². The highest BCUT2D eigenvalue weighted by atomic mass is 16.5. The van der Waals surface area contributed by atoms with Crippen LogP contribution in [0.3, 0.4) is 0 Å². The molecule has 1 aromatic carbocycles. The fraction of sp³-hybridized carbons (Fsp3) is 0.417. The molecule has 0 saturated heterocycles. The summed E-state index contributed by atoms with van der Waals surface area (Å²) in [5, 5.41) is 0. The molecule has 0 bridgehead atoms. The molecule has 16 heavy (non-hydrogen) atoms. The minimum absolute atomic E-state index is 0.465. The number of nitrogens with zero attached hydrogens (tertiary/aromatic N) is 1. The van der Waals surface area contributed by atoms with Crippen molar-refractivity contribution >= 4 is 11.5 Å². The Hall–Kier alpha value is -1.71. The van der Waals surface area contributed by atoms with Crippen molar-refractivity contribution in [3.05, 3.63) is 18.2 Å². The van der Waals surface area contributed by atoms with Gasteiger partial charge in [-0.1, -0.05) is 0 Å². The van der Waals surface area contributed by atoms with Crippen molar-refractivity contribution in [2.45, 2.75) is 12.8 Å². The lowest BCUT2D eigenvalue weighted by molar-refractivity contribution is 0.395. The zero-order valence-electron chi connectivity index (χ0n) is 9.56. The van der Waals surface area contributed by atoms with E-state index in [1.807, 2.05) is 12.1 Å². The predicted molar refractivity (Wildman–Crippen MR) is 63.6 cm³/mol. The summed E-state index contributed by atoms with van der Waals surface area (Å²) in [5.41, 5.74) is 6.63. The zero-order chi connectivity index (χ0) is 11.5. The molecule has 1 aliphatic carbocycles. The smallest absolute Gasteiger partial charge is 0.148 e. The lowest BCUT2D eigenvalue weighted by atomic mass is 10.2. The molecule has 1 aliphatic rings. The Morgan fingerprint density at radius 1 is 1.31 bits per heavy atom. The van der Waals surface area contributed by atoms with Crippen molar-refractivity contribution in [1.82, 2.24) is 0 Å². The highest BCUT2D eigenvalue weighted by molar-refractivity contribution is 5.88. The summed E-state index contributed by atoms with van der Waals surface area (Å²) in [6.45, 7) is 0. The highest BCUT2D eigenvalue weighted by Gasteiger charge is 2.25. The molecular formula is C12H16N2O2. The van der Waals surface area contributed by atoms with Gasteiger partial charge in [0.1, 0.15) is 23.0 Å². The van der Waals surface area contributed by atoms with Crippen LogP contribution in [-0.2, 0) is 0 Å². The molecule has 0 amide bonds. The van der Waals surface area contributed by atoms with Crippen LogP contribution in [0.2, 0.25) is 0 Å². The van der Waals surface area contributed by atoms with Crippen LogP contribution in [0, 0.1) is 5.92 Å². The molecule has 1 aromatic rings. The van der Waals surface area contributed by atoms with E-state index in [0.717, 1.165) is 24.3 Å². The van der Waals surface area contributed by atoms with Crippen molar-refractivity contribution in [3.63, 3.8) is 0 Å². The lowest BCUT2D eigenvalue weighted by Gasteiger charge is -2.07. The largest absolute Gasteiger partial charge is 0.497 e. The average Bonchev–Trinajstić information content (AvgIpc) is 3.13. The van der Waals surface area contributed by atoms with E-state index in [0.29, 0.717) is 17.5 Å². The molecular weight excluding hydrogens is 204 g/mol.